The fraction of sp³-hybridized carbons (Fsp3) is 0.500. The summed E-state index contributed by atoms with van der Waals surface area (Å²) in [6.45, 7) is 2.05. The van der Waals surface area contributed by atoms with Gasteiger partial charge < -0.3 is 5.11 Å². The summed E-state index contributed by atoms with van der Waals surface area (Å²) < 4.78 is 0. The van der Waals surface area contributed by atoms with E-state index in [1.807, 2.05) is 0 Å². The van der Waals surface area contributed by atoms with Crippen LogP contribution in [0.15, 0.2) is 24.3 Å². The standard InChI is InChI=1S/C14H18O2/c1-10-6-8-11(9-7-10)12-4-2-3-5-13(12)14(15)16/h6-9,12-13H,2-5H2,1H3,(H,15,16)/t12-,13+/m0/s1. The Balaban J connectivity index is 2.23. The number of benzene rings is 1. The van der Waals surface area contributed by atoms with Gasteiger partial charge in [-0.05, 0) is 31.2 Å². The average molecular weight is 218 g/mol. The van der Waals surface area contributed by atoms with Crippen molar-refractivity contribution in [1.29, 1.82) is 0 Å². The molecule has 2 nitrogen and oxygen atoms in total. The minimum atomic E-state index is -0.634. The van der Waals surface area contributed by atoms with Gasteiger partial charge in [-0.15, -0.1) is 0 Å². The van der Waals surface area contributed by atoms with Crippen LogP contribution in [0.1, 0.15) is 42.7 Å². The van der Waals surface area contributed by atoms with E-state index < -0.39 is 5.97 Å². The van der Waals surface area contributed by atoms with Gasteiger partial charge in [0.05, 0.1) is 5.92 Å². The molecule has 0 amide bonds. The van der Waals surface area contributed by atoms with Gasteiger partial charge in [0.1, 0.15) is 0 Å². The van der Waals surface area contributed by atoms with Crippen molar-refractivity contribution in [3.8, 4) is 0 Å². The van der Waals surface area contributed by atoms with Crippen LogP contribution in [0.3, 0.4) is 0 Å². The van der Waals surface area contributed by atoms with Crippen molar-refractivity contribution in [2.75, 3.05) is 0 Å². The quantitative estimate of drug-likeness (QED) is 0.826. The Morgan fingerprint density at radius 1 is 1.19 bits per heavy atom. The van der Waals surface area contributed by atoms with Crippen LogP contribution in [0.25, 0.3) is 0 Å². The zero-order valence-corrected chi connectivity index (χ0v) is 9.65. The fourth-order valence-electron chi connectivity index (χ4n) is 2.64. The van der Waals surface area contributed by atoms with Gasteiger partial charge in [0.2, 0.25) is 0 Å². The van der Waals surface area contributed by atoms with Crippen molar-refractivity contribution in [2.45, 2.75) is 38.5 Å². The molecule has 0 aromatic heterocycles. The van der Waals surface area contributed by atoms with E-state index in [-0.39, 0.29) is 11.8 Å². The van der Waals surface area contributed by atoms with Gasteiger partial charge in [-0.1, -0.05) is 42.7 Å². The van der Waals surface area contributed by atoms with E-state index >= 15 is 0 Å². The van der Waals surface area contributed by atoms with E-state index in [0.717, 1.165) is 25.7 Å². The molecular weight excluding hydrogens is 200 g/mol. The summed E-state index contributed by atoms with van der Waals surface area (Å²) in [6, 6.07) is 8.31. The Kier molecular flexibility index (Phi) is 3.28. The van der Waals surface area contributed by atoms with Crippen LogP contribution in [0.2, 0.25) is 0 Å². The number of carboxylic acid groups (broad SMARTS) is 1. The van der Waals surface area contributed by atoms with Gasteiger partial charge in [-0.3, -0.25) is 4.79 Å². The number of aliphatic carboxylic acids is 1. The lowest BCUT2D eigenvalue weighted by Crippen LogP contribution is -2.25. The number of hydrogen-bond acceptors (Lipinski definition) is 1. The van der Waals surface area contributed by atoms with Crippen molar-refractivity contribution in [1.82, 2.24) is 0 Å². The number of hydrogen-bond donors (Lipinski definition) is 1. The number of carboxylic acids is 1. The third-order valence-corrected chi connectivity index (χ3v) is 3.59. The second-order valence-electron chi connectivity index (χ2n) is 4.75. The summed E-state index contributed by atoms with van der Waals surface area (Å²) in [7, 11) is 0. The van der Waals surface area contributed by atoms with Gasteiger partial charge >= 0.3 is 5.97 Å². The highest BCUT2D eigenvalue weighted by Gasteiger charge is 2.31. The van der Waals surface area contributed by atoms with Crippen molar-refractivity contribution in [3.05, 3.63) is 35.4 Å². The van der Waals surface area contributed by atoms with Crippen LogP contribution in [-0.2, 0) is 4.79 Å². The van der Waals surface area contributed by atoms with Gasteiger partial charge in [0.15, 0.2) is 0 Å². The minimum absolute atomic E-state index is 0.184. The zero-order chi connectivity index (χ0) is 11.5. The van der Waals surface area contributed by atoms with Crippen molar-refractivity contribution in [2.24, 2.45) is 5.92 Å². The Labute approximate surface area is 96.3 Å². The molecule has 2 heteroatoms. The monoisotopic (exact) mass is 218 g/mol. The van der Waals surface area contributed by atoms with Gasteiger partial charge in [-0.2, -0.15) is 0 Å². The summed E-state index contributed by atoms with van der Waals surface area (Å²) in [5.74, 6) is -0.603. The van der Waals surface area contributed by atoms with Gasteiger partial charge in [0, 0.05) is 0 Å². The first kappa shape index (κ1) is 11.2. The Morgan fingerprint density at radius 2 is 1.81 bits per heavy atom. The van der Waals surface area contributed by atoms with E-state index in [1.54, 1.807) is 0 Å². The molecule has 0 aliphatic heterocycles. The van der Waals surface area contributed by atoms with E-state index in [1.165, 1.54) is 11.1 Å². The molecule has 1 fully saturated rings. The minimum Gasteiger partial charge on any atom is -0.481 e. The van der Waals surface area contributed by atoms with Crippen LogP contribution < -0.4 is 0 Å². The lowest BCUT2D eigenvalue weighted by molar-refractivity contribution is -0.143. The molecule has 0 unspecified atom stereocenters. The van der Waals surface area contributed by atoms with Crippen molar-refractivity contribution < 1.29 is 9.90 Å². The summed E-state index contributed by atoms with van der Waals surface area (Å²) >= 11 is 0. The largest absolute Gasteiger partial charge is 0.481 e. The lowest BCUT2D eigenvalue weighted by atomic mass is 9.75. The number of rotatable bonds is 2. The molecule has 1 aliphatic carbocycles. The van der Waals surface area contributed by atoms with E-state index in [9.17, 15) is 9.90 Å². The summed E-state index contributed by atoms with van der Waals surface area (Å²) in [6.07, 6.45) is 4.05. The molecule has 1 aliphatic rings. The van der Waals surface area contributed by atoms with Crippen LogP contribution in [0.5, 0.6) is 0 Å². The van der Waals surface area contributed by atoms with Gasteiger partial charge in [0.25, 0.3) is 0 Å². The number of aryl methyl sites for hydroxylation is 1. The maximum Gasteiger partial charge on any atom is 0.307 e. The number of carbonyl (C=O) groups is 1. The summed E-state index contributed by atoms with van der Waals surface area (Å²) in [4.78, 5) is 11.2. The van der Waals surface area contributed by atoms with E-state index in [0.29, 0.717) is 0 Å². The first-order valence-electron chi connectivity index (χ1n) is 5.98. The third-order valence-electron chi connectivity index (χ3n) is 3.59. The van der Waals surface area contributed by atoms with Crippen molar-refractivity contribution >= 4 is 5.97 Å². The molecule has 0 heterocycles. The molecule has 1 N–H and O–H groups in total. The molecule has 2 atom stereocenters. The Morgan fingerprint density at radius 3 is 2.44 bits per heavy atom. The average Bonchev–Trinajstić information content (AvgIpc) is 2.30. The maximum atomic E-state index is 11.2. The molecular formula is C14H18O2. The predicted octanol–water partition coefficient (Wildman–Crippen LogP) is 3.35. The van der Waals surface area contributed by atoms with Crippen LogP contribution in [0, 0.1) is 12.8 Å². The highest BCUT2D eigenvalue weighted by atomic mass is 16.4. The third kappa shape index (κ3) is 2.26. The molecule has 1 aromatic carbocycles. The molecule has 1 saturated carbocycles. The van der Waals surface area contributed by atoms with Crippen LogP contribution in [0.4, 0.5) is 0 Å². The first-order chi connectivity index (χ1) is 7.68. The molecule has 0 saturated heterocycles. The molecule has 1 aromatic rings. The Hall–Kier alpha value is -1.31. The first-order valence-corrected chi connectivity index (χ1v) is 5.98. The van der Waals surface area contributed by atoms with Crippen molar-refractivity contribution in [3.63, 3.8) is 0 Å². The Bertz CT molecular complexity index is 367. The predicted molar refractivity (Wildman–Crippen MR) is 63.5 cm³/mol. The topological polar surface area (TPSA) is 37.3 Å². The fourth-order valence-corrected chi connectivity index (χ4v) is 2.64. The highest BCUT2D eigenvalue weighted by Crippen LogP contribution is 2.37. The molecule has 0 bridgehead atoms. The molecule has 0 radical (unpaired) electrons. The SMILES string of the molecule is Cc1ccc([C@@H]2CCCC[C@H]2C(=O)O)cc1. The second-order valence-corrected chi connectivity index (χ2v) is 4.75. The van der Waals surface area contributed by atoms with Crippen LogP contribution >= 0.6 is 0 Å². The van der Waals surface area contributed by atoms with Gasteiger partial charge in [-0.25, -0.2) is 0 Å². The maximum absolute atomic E-state index is 11.2. The highest BCUT2D eigenvalue weighted by molar-refractivity contribution is 5.71. The summed E-state index contributed by atoms with van der Waals surface area (Å²) in [5, 5.41) is 9.22. The summed E-state index contributed by atoms with van der Waals surface area (Å²) in [5.41, 5.74) is 2.42. The zero-order valence-electron chi connectivity index (χ0n) is 9.65. The molecule has 0 spiro atoms. The second kappa shape index (κ2) is 4.69. The smallest absolute Gasteiger partial charge is 0.307 e. The van der Waals surface area contributed by atoms with Crippen LogP contribution in [-0.4, -0.2) is 11.1 Å². The molecule has 16 heavy (non-hydrogen) atoms. The van der Waals surface area contributed by atoms with E-state index in [2.05, 4.69) is 31.2 Å². The molecule has 86 valence electrons. The molecule has 2 rings (SSSR count). The van der Waals surface area contributed by atoms with E-state index in [4.69, 9.17) is 0 Å². The lowest BCUT2D eigenvalue weighted by Gasteiger charge is -2.28. The normalized spacial score (nSPS) is 25.3.